The molecule has 182 valence electrons. The van der Waals surface area contributed by atoms with Crippen LogP contribution in [0.2, 0.25) is 0 Å². The summed E-state index contributed by atoms with van der Waals surface area (Å²) in [7, 11) is 0. The number of rotatable bonds is 9. The van der Waals surface area contributed by atoms with Crippen LogP contribution in [0.5, 0.6) is 11.6 Å². The van der Waals surface area contributed by atoms with Gasteiger partial charge < -0.3 is 14.8 Å². The second-order valence-corrected chi connectivity index (χ2v) is 8.77. The van der Waals surface area contributed by atoms with Crippen molar-refractivity contribution in [2.75, 3.05) is 5.32 Å². The van der Waals surface area contributed by atoms with Gasteiger partial charge in [0.05, 0.1) is 11.0 Å². The summed E-state index contributed by atoms with van der Waals surface area (Å²) in [5, 5.41) is 22.8. The van der Waals surface area contributed by atoms with Gasteiger partial charge in [0.1, 0.15) is 16.9 Å². The van der Waals surface area contributed by atoms with Gasteiger partial charge in [0, 0.05) is 22.4 Å². The van der Waals surface area contributed by atoms with E-state index in [1.807, 2.05) is 19.9 Å². The number of hydrogen-bond donors (Lipinski definition) is 2. The smallest absolute Gasteiger partial charge is 0.294 e. The highest BCUT2D eigenvalue weighted by Crippen LogP contribution is 2.29. The number of carbonyl (C=O) groups is 1. The molecular weight excluding hydrogens is 516 g/mol. The normalized spacial score (nSPS) is 11.4. The number of ether oxygens (including phenoxy) is 2. The fourth-order valence-electron chi connectivity index (χ4n) is 3.41. The molecule has 9 nitrogen and oxygen atoms in total. The van der Waals surface area contributed by atoms with Gasteiger partial charge in [0.25, 0.3) is 11.6 Å². The molecule has 1 aromatic heterocycles. The van der Waals surface area contributed by atoms with Crippen molar-refractivity contribution in [2.45, 2.75) is 39.7 Å². The Kier molecular flexibility index (Phi) is 8.53. The van der Waals surface area contributed by atoms with Crippen LogP contribution in [-0.2, 0) is 4.74 Å². The van der Waals surface area contributed by atoms with Crippen LogP contribution < -0.4 is 10.1 Å². The van der Waals surface area contributed by atoms with Gasteiger partial charge in [-0.25, -0.2) is 4.98 Å². The molecule has 0 bridgehead atoms. The second-order valence-electron chi connectivity index (χ2n) is 7.86. The van der Waals surface area contributed by atoms with Crippen LogP contribution in [0, 0.1) is 22.4 Å². The zero-order chi connectivity index (χ0) is 25.5. The zero-order valence-electron chi connectivity index (χ0n) is 19.5. The lowest BCUT2D eigenvalue weighted by Gasteiger charge is -2.15. The van der Waals surface area contributed by atoms with Gasteiger partial charge in [-0.1, -0.05) is 19.4 Å². The Labute approximate surface area is 211 Å². The van der Waals surface area contributed by atoms with Crippen LogP contribution >= 0.6 is 15.9 Å². The first-order valence-corrected chi connectivity index (χ1v) is 11.7. The average molecular weight is 541 g/mol. The Balaban J connectivity index is 1.81. The first kappa shape index (κ1) is 25.8. The van der Waals surface area contributed by atoms with Gasteiger partial charge in [-0.05, 0) is 78.2 Å². The third-order valence-corrected chi connectivity index (χ3v) is 5.54. The third-order valence-electron chi connectivity index (χ3n) is 5.07. The summed E-state index contributed by atoms with van der Waals surface area (Å²) in [6.45, 7) is 5.58. The van der Waals surface area contributed by atoms with Crippen LogP contribution in [0.1, 0.15) is 48.2 Å². The zero-order valence-corrected chi connectivity index (χ0v) is 21.1. The number of aromatic nitrogens is 1. The van der Waals surface area contributed by atoms with Crippen molar-refractivity contribution < 1.29 is 19.2 Å². The first-order chi connectivity index (χ1) is 16.7. The minimum Gasteiger partial charge on any atom is -0.474 e. The monoisotopic (exact) mass is 540 g/mol. The molecule has 2 aromatic carbocycles. The highest BCUT2D eigenvalue weighted by Gasteiger charge is 2.28. The molecule has 3 rings (SSSR count). The number of hydrogen-bond acceptors (Lipinski definition) is 7. The predicted octanol–water partition coefficient (Wildman–Crippen LogP) is 6.64. The number of nitrogens with zero attached hydrogens (tertiary/aromatic N) is 2. The van der Waals surface area contributed by atoms with E-state index in [-0.39, 0.29) is 23.1 Å². The molecule has 35 heavy (non-hydrogen) atoms. The van der Waals surface area contributed by atoms with Gasteiger partial charge >= 0.3 is 0 Å². The van der Waals surface area contributed by atoms with Crippen molar-refractivity contribution in [3.63, 3.8) is 0 Å². The maximum Gasteiger partial charge on any atom is 0.294 e. The maximum atomic E-state index is 13.0. The van der Waals surface area contributed by atoms with Gasteiger partial charge in [-0.2, -0.15) is 0 Å². The molecule has 1 amide bonds. The molecule has 10 heteroatoms. The molecule has 0 aliphatic carbocycles. The van der Waals surface area contributed by atoms with Crippen LogP contribution in [0.4, 0.5) is 11.4 Å². The number of para-hydroxylation sites is 1. The molecule has 0 aliphatic heterocycles. The summed E-state index contributed by atoms with van der Waals surface area (Å²) in [6.07, 6.45) is 2.89. The van der Waals surface area contributed by atoms with E-state index >= 15 is 0 Å². The quantitative estimate of drug-likeness (QED) is 0.135. The minimum absolute atomic E-state index is 0.0486. The number of pyridine rings is 1. The Morgan fingerprint density at radius 3 is 2.60 bits per heavy atom. The molecule has 0 spiro atoms. The van der Waals surface area contributed by atoms with Crippen molar-refractivity contribution in [2.24, 2.45) is 0 Å². The van der Waals surface area contributed by atoms with Gasteiger partial charge in [0.15, 0.2) is 0 Å². The van der Waals surface area contributed by atoms with Gasteiger partial charge in [0.2, 0.25) is 11.8 Å². The highest BCUT2D eigenvalue weighted by atomic mass is 79.9. The molecule has 0 saturated carbocycles. The standard InChI is InChI=1S/C25H25BrN4O5/c1-4-6-16(3)34-24(27)19-7-5-8-20(23(19)30(32)33)25(31)29-18-10-11-21(15(2)13-18)35-22-12-9-17(26)14-28-22/h5,7-14,16,27H,4,6H2,1-3H3,(H,29,31). The topological polar surface area (TPSA) is 127 Å². The number of halogens is 1. The summed E-state index contributed by atoms with van der Waals surface area (Å²) in [6, 6.07) is 12.8. The largest absolute Gasteiger partial charge is 0.474 e. The molecule has 1 unspecified atom stereocenters. The lowest BCUT2D eigenvalue weighted by Crippen LogP contribution is -2.19. The van der Waals surface area contributed by atoms with Gasteiger partial charge in [-0.15, -0.1) is 0 Å². The van der Waals surface area contributed by atoms with E-state index in [0.29, 0.717) is 23.7 Å². The van der Waals surface area contributed by atoms with Crippen molar-refractivity contribution >= 4 is 39.1 Å². The fourth-order valence-corrected chi connectivity index (χ4v) is 3.65. The average Bonchev–Trinajstić information content (AvgIpc) is 2.81. The Morgan fingerprint density at radius 1 is 1.23 bits per heavy atom. The van der Waals surface area contributed by atoms with Crippen molar-refractivity contribution in [1.82, 2.24) is 4.98 Å². The lowest BCUT2D eigenvalue weighted by atomic mass is 10.1. The van der Waals surface area contributed by atoms with Crippen molar-refractivity contribution in [3.8, 4) is 11.6 Å². The molecule has 2 N–H and O–H groups in total. The van der Waals surface area contributed by atoms with E-state index in [4.69, 9.17) is 14.9 Å². The van der Waals surface area contributed by atoms with E-state index < -0.39 is 16.5 Å². The van der Waals surface area contributed by atoms with E-state index in [0.717, 1.165) is 16.5 Å². The summed E-state index contributed by atoms with van der Waals surface area (Å²) in [5.74, 6) is -0.0437. The molecule has 1 atom stereocenters. The number of nitro groups is 1. The van der Waals surface area contributed by atoms with Crippen LogP contribution in [0.3, 0.4) is 0 Å². The van der Waals surface area contributed by atoms with E-state index in [2.05, 4.69) is 26.2 Å². The molecule has 0 aliphatic rings. The van der Waals surface area contributed by atoms with Crippen molar-refractivity contribution in [1.29, 1.82) is 5.41 Å². The number of aryl methyl sites for hydroxylation is 1. The summed E-state index contributed by atoms with van der Waals surface area (Å²) in [4.78, 5) is 28.3. The van der Waals surface area contributed by atoms with Gasteiger partial charge in [-0.3, -0.25) is 20.3 Å². The number of benzene rings is 2. The van der Waals surface area contributed by atoms with E-state index in [1.54, 1.807) is 37.4 Å². The SMILES string of the molecule is CCCC(C)OC(=N)c1cccc(C(=O)Nc2ccc(Oc3ccc(Br)cn3)c(C)c2)c1[N+](=O)[O-]. The predicted molar refractivity (Wildman–Crippen MR) is 137 cm³/mol. The minimum atomic E-state index is -0.671. The molecule has 0 radical (unpaired) electrons. The second kappa shape index (κ2) is 11.6. The molecular formula is C25H25BrN4O5. The Morgan fingerprint density at radius 2 is 1.97 bits per heavy atom. The molecule has 3 aromatic rings. The van der Waals surface area contributed by atoms with Crippen LogP contribution in [-0.4, -0.2) is 27.8 Å². The van der Waals surface area contributed by atoms with E-state index in [1.165, 1.54) is 18.2 Å². The summed E-state index contributed by atoms with van der Waals surface area (Å²) in [5.41, 5.74) is 0.479. The Hall–Kier alpha value is -3.79. The third kappa shape index (κ3) is 6.63. The molecule has 0 saturated heterocycles. The number of nitrogens with one attached hydrogen (secondary N) is 2. The first-order valence-electron chi connectivity index (χ1n) is 10.9. The number of anilines is 1. The van der Waals surface area contributed by atoms with E-state index in [9.17, 15) is 14.9 Å². The van der Waals surface area contributed by atoms with Crippen molar-refractivity contribution in [3.05, 3.63) is 86.0 Å². The summed E-state index contributed by atoms with van der Waals surface area (Å²) < 4.78 is 12.1. The highest BCUT2D eigenvalue weighted by molar-refractivity contribution is 9.10. The van der Waals surface area contributed by atoms with Crippen LogP contribution in [0.15, 0.2) is 59.2 Å². The molecule has 1 heterocycles. The number of carbonyl (C=O) groups excluding carboxylic acids is 1. The Bertz CT molecular complexity index is 1250. The lowest BCUT2D eigenvalue weighted by molar-refractivity contribution is -0.385. The fraction of sp³-hybridized carbons (Fsp3) is 0.240. The number of nitro benzene ring substituents is 1. The summed E-state index contributed by atoms with van der Waals surface area (Å²) >= 11 is 3.32. The molecule has 0 fully saturated rings. The van der Waals surface area contributed by atoms with Crippen LogP contribution in [0.25, 0.3) is 0 Å². The number of amides is 1. The maximum absolute atomic E-state index is 13.0.